The maximum atomic E-state index is 5.46. The first-order valence-corrected chi connectivity index (χ1v) is 9.79. The topological polar surface area (TPSA) is 49.8 Å². The molecule has 0 atom stereocenters. The van der Waals surface area contributed by atoms with E-state index in [0.717, 1.165) is 60.1 Å². The van der Waals surface area contributed by atoms with Gasteiger partial charge >= 0.3 is 0 Å². The second-order valence-corrected chi connectivity index (χ2v) is 7.03. The summed E-state index contributed by atoms with van der Waals surface area (Å²) in [5, 5.41) is 0. The van der Waals surface area contributed by atoms with Crippen molar-refractivity contribution >= 4 is 0 Å². The summed E-state index contributed by atoms with van der Waals surface area (Å²) in [7, 11) is 3.34. The molecule has 0 saturated heterocycles. The summed E-state index contributed by atoms with van der Waals surface area (Å²) < 4.78 is 21.6. The lowest BCUT2D eigenvalue weighted by Crippen LogP contribution is -2.00. The van der Waals surface area contributed by atoms with Crippen LogP contribution >= 0.6 is 0 Å². The predicted molar refractivity (Wildman–Crippen MR) is 111 cm³/mol. The van der Waals surface area contributed by atoms with Crippen LogP contribution in [0.1, 0.15) is 22.5 Å². The van der Waals surface area contributed by atoms with Crippen LogP contribution in [0.15, 0.2) is 54.6 Å². The molecule has 5 heteroatoms. The number of hydrogen-bond acceptors (Lipinski definition) is 5. The van der Waals surface area contributed by atoms with Gasteiger partial charge in [0.2, 0.25) is 6.79 Å². The minimum atomic E-state index is 0.307. The van der Waals surface area contributed by atoms with Crippen molar-refractivity contribution in [1.29, 1.82) is 0 Å². The lowest BCUT2D eigenvalue weighted by Gasteiger charge is -2.09. The zero-order valence-electron chi connectivity index (χ0n) is 16.8. The number of rotatable bonds is 8. The van der Waals surface area contributed by atoms with Gasteiger partial charge in [0.1, 0.15) is 11.5 Å². The maximum absolute atomic E-state index is 5.46. The molecule has 0 aliphatic carbocycles. The predicted octanol–water partition coefficient (Wildman–Crippen LogP) is 4.40. The minimum absolute atomic E-state index is 0.307. The van der Waals surface area contributed by atoms with Crippen molar-refractivity contribution in [1.82, 2.24) is 4.98 Å². The van der Waals surface area contributed by atoms with Gasteiger partial charge in [-0.15, -0.1) is 0 Å². The van der Waals surface area contributed by atoms with Gasteiger partial charge in [-0.2, -0.15) is 0 Å². The molecule has 3 aromatic rings. The Bertz CT molecular complexity index is 964. The van der Waals surface area contributed by atoms with Gasteiger partial charge < -0.3 is 18.9 Å². The van der Waals surface area contributed by atoms with Crippen LogP contribution in [0.3, 0.4) is 0 Å². The molecular weight excluding hydrogens is 366 g/mol. The Hall–Kier alpha value is -3.21. The Morgan fingerprint density at radius 2 is 1.38 bits per heavy atom. The summed E-state index contributed by atoms with van der Waals surface area (Å²) in [6.45, 7) is 0.307. The number of fused-ring (bicyclic) bond motifs is 1. The van der Waals surface area contributed by atoms with Gasteiger partial charge in [-0.3, -0.25) is 4.98 Å². The van der Waals surface area contributed by atoms with Crippen LogP contribution in [-0.4, -0.2) is 26.0 Å². The Balaban J connectivity index is 1.37. The normalized spacial score (nSPS) is 12.1. The molecule has 150 valence electrons. The zero-order valence-corrected chi connectivity index (χ0v) is 16.8. The quantitative estimate of drug-likeness (QED) is 0.570. The third-order valence-corrected chi connectivity index (χ3v) is 5.05. The van der Waals surface area contributed by atoms with E-state index in [1.807, 2.05) is 24.3 Å². The van der Waals surface area contributed by atoms with E-state index in [2.05, 4.69) is 30.3 Å². The largest absolute Gasteiger partial charge is 0.497 e. The van der Waals surface area contributed by atoms with E-state index in [4.69, 9.17) is 23.9 Å². The van der Waals surface area contributed by atoms with E-state index < -0.39 is 0 Å². The molecule has 1 aromatic heterocycles. The van der Waals surface area contributed by atoms with Crippen LogP contribution in [0.5, 0.6) is 23.0 Å². The number of benzene rings is 2. The highest BCUT2D eigenvalue weighted by Gasteiger charge is 2.13. The average Bonchev–Trinajstić information content (AvgIpc) is 3.24. The van der Waals surface area contributed by atoms with Crippen molar-refractivity contribution in [3.63, 3.8) is 0 Å². The molecule has 29 heavy (non-hydrogen) atoms. The van der Waals surface area contributed by atoms with E-state index in [-0.39, 0.29) is 0 Å². The third kappa shape index (κ3) is 4.80. The van der Waals surface area contributed by atoms with Gasteiger partial charge in [0.05, 0.1) is 14.2 Å². The molecule has 0 fully saturated rings. The molecule has 0 saturated carbocycles. The summed E-state index contributed by atoms with van der Waals surface area (Å²) in [6.07, 6.45) is 3.56. The van der Waals surface area contributed by atoms with Crippen LogP contribution in [0.4, 0.5) is 0 Å². The first kappa shape index (κ1) is 19.1. The molecule has 2 heterocycles. The molecule has 1 aliphatic rings. The SMILES string of the molecule is COc1cc(CCc2cccc(CCc3ccc4c(c3)OCO4)n2)cc(OC)c1. The Kier molecular flexibility index (Phi) is 5.84. The molecule has 0 spiro atoms. The number of methoxy groups -OCH3 is 2. The fourth-order valence-electron chi connectivity index (χ4n) is 3.46. The Morgan fingerprint density at radius 1 is 0.724 bits per heavy atom. The van der Waals surface area contributed by atoms with Crippen molar-refractivity contribution in [2.75, 3.05) is 21.0 Å². The molecule has 0 amide bonds. The lowest BCUT2D eigenvalue weighted by molar-refractivity contribution is 0.174. The first-order chi connectivity index (χ1) is 14.2. The van der Waals surface area contributed by atoms with E-state index in [1.54, 1.807) is 14.2 Å². The number of pyridine rings is 1. The highest BCUT2D eigenvalue weighted by Crippen LogP contribution is 2.32. The molecule has 4 rings (SSSR count). The fraction of sp³-hybridized carbons (Fsp3) is 0.292. The zero-order chi connectivity index (χ0) is 20.1. The average molecular weight is 391 g/mol. The van der Waals surface area contributed by atoms with Crippen LogP contribution in [0, 0.1) is 0 Å². The second-order valence-electron chi connectivity index (χ2n) is 7.03. The van der Waals surface area contributed by atoms with Gasteiger partial charge in [-0.25, -0.2) is 0 Å². The highest BCUT2D eigenvalue weighted by molar-refractivity contribution is 5.44. The molecule has 5 nitrogen and oxygen atoms in total. The van der Waals surface area contributed by atoms with Gasteiger partial charge in [-0.1, -0.05) is 12.1 Å². The summed E-state index contributed by atoms with van der Waals surface area (Å²) in [5.41, 5.74) is 4.59. The van der Waals surface area contributed by atoms with Crippen LogP contribution in [0.25, 0.3) is 0 Å². The molecule has 0 radical (unpaired) electrons. The number of hydrogen-bond donors (Lipinski definition) is 0. The van der Waals surface area contributed by atoms with Crippen LogP contribution in [-0.2, 0) is 25.7 Å². The monoisotopic (exact) mass is 391 g/mol. The van der Waals surface area contributed by atoms with Crippen molar-refractivity contribution in [2.24, 2.45) is 0 Å². The van der Waals surface area contributed by atoms with Crippen molar-refractivity contribution < 1.29 is 18.9 Å². The molecule has 0 bridgehead atoms. The Morgan fingerprint density at radius 3 is 2.07 bits per heavy atom. The molecule has 0 N–H and O–H groups in total. The summed E-state index contributed by atoms with van der Waals surface area (Å²) >= 11 is 0. The standard InChI is InChI=1S/C24H25NO4/c1-26-21-12-18(13-22(15-21)27-2)7-10-20-5-3-4-19(25-20)9-6-17-8-11-23-24(14-17)29-16-28-23/h3-5,8,11-15H,6-7,9-10,16H2,1-2H3. The van der Waals surface area contributed by atoms with E-state index in [1.165, 1.54) is 11.1 Å². The summed E-state index contributed by atoms with van der Waals surface area (Å²) in [5.74, 6) is 3.27. The number of aryl methyl sites for hydroxylation is 4. The van der Waals surface area contributed by atoms with Crippen LogP contribution in [0.2, 0.25) is 0 Å². The van der Waals surface area contributed by atoms with E-state index in [9.17, 15) is 0 Å². The van der Waals surface area contributed by atoms with Gasteiger partial charge in [0.25, 0.3) is 0 Å². The van der Waals surface area contributed by atoms with Crippen molar-refractivity contribution in [2.45, 2.75) is 25.7 Å². The van der Waals surface area contributed by atoms with Gasteiger partial charge in [0.15, 0.2) is 11.5 Å². The fourth-order valence-corrected chi connectivity index (χ4v) is 3.46. The number of aromatic nitrogens is 1. The molecule has 1 aliphatic heterocycles. The highest BCUT2D eigenvalue weighted by atomic mass is 16.7. The molecule has 0 unspecified atom stereocenters. The summed E-state index contributed by atoms with van der Waals surface area (Å²) in [6, 6.07) is 18.4. The van der Waals surface area contributed by atoms with Crippen molar-refractivity contribution in [3.8, 4) is 23.0 Å². The number of nitrogens with zero attached hydrogens (tertiary/aromatic N) is 1. The van der Waals surface area contributed by atoms with E-state index in [0.29, 0.717) is 6.79 Å². The molecule has 2 aromatic carbocycles. The van der Waals surface area contributed by atoms with Crippen LogP contribution < -0.4 is 18.9 Å². The van der Waals surface area contributed by atoms with E-state index >= 15 is 0 Å². The Labute approximate surface area is 171 Å². The van der Waals surface area contributed by atoms with Gasteiger partial charge in [0, 0.05) is 17.5 Å². The first-order valence-electron chi connectivity index (χ1n) is 9.79. The second kappa shape index (κ2) is 8.86. The van der Waals surface area contributed by atoms with Gasteiger partial charge in [-0.05, 0) is 73.2 Å². The summed E-state index contributed by atoms with van der Waals surface area (Å²) in [4.78, 5) is 4.84. The lowest BCUT2D eigenvalue weighted by atomic mass is 10.1. The third-order valence-electron chi connectivity index (χ3n) is 5.05. The van der Waals surface area contributed by atoms with Crippen molar-refractivity contribution in [3.05, 3.63) is 77.1 Å². The molecular formula is C24H25NO4. The maximum Gasteiger partial charge on any atom is 0.231 e. The smallest absolute Gasteiger partial charge is 0.231 e. The number of ether oxygens (including phenoxy) is 4. The minimum Gasteiger partial charge on any atom is -0.497 e.